The standard InChI is InChI=1S/C58H80Cl4N10O12S2/c59-39-31-49-47(51(61)33-39)35-53(71-21-3-5-41(63)37-71)55(49)83-43-7-11-45(12-8-43)85(75,76)69-19-25-81-29-27-79-23-17-67-57(73)65-15-1-2-16-66-58(74)68-18-24-80-28-30-82-26-20-70-86(77,78)46-13-9-44(10-14-46)84-56-50-32-40(60)34-52(62)48(50)36-54(56)72-22-4-6-42(64)38-72/h7-14,31-34,41-42,53-56,69-70H,1-6,15-30,35-38,63-64H2,(H2,65,67,73)(H2,66,68,74)/t41-,42-,53-,54-,55+,56+/m1/s1. The van der Waals surface area contributed by atoms with Crippen LogP contribution in [-0.2, 0) is 51.8 Å². The number of nitrogens with zero attached hydrogens (tertiary/aromatic N) is 2. The second-order valence-corrected chi connectivity index (χ2v) is 26.8. The van der Waals surface area contributed by atoms with Crippen LogP contribution in [0.2, 0.25) is 20.1 Å². The van der Waals surface area contributed by atoms with E-state index in [2.05, 4.69) is 40.5 Å². The minimum Gasteiger partial charge on any atom is -0.484 e. The number of urea groups is 2. The molecule has 4 aliphatic rings. The number of nitrogens with one attached hydrogen (secondary N) is 6. The number of amides is 4. The number of sulfonamides is 2. The number of nitrogens with two attached hydrogens (primary N) is 2. The van der Waals surface area contributed by atoms with Crippen molar-refractivity contribution in [2.24, 2.45) is 11.5 Å². The highest BCUT2D eigenvalue weighted by Crippen LogP contribution is 2.45. The van der Waals surface area contributed by atoms with Gasteiger partial charge in [-0.3, -0.25) is 9.80 Å². The topological polar surface area (TPSA) is 288 Å². The van der Waals surface area contributed by atoms with Crippen molar-refractivity contribution in [1.82, 2.24) is 40.5 Å². The third-order valence-electron chi connectivity index (χ3n) is 15.3. The van der Waals surface area contributed by atoms with Crippen molar-refractivity contribution in [1.29, 1.82) is 0 Å². The van der Waals surface area contributed by atoms with E-state index in [0.29, 0.717) is 70.4 Å². The third kappa shape index (κ3) is 20.1. The van der Waals surface area contributed by atoms with Gasteiger partial charge < -0.3 is 61.2 Å². The second-order valence-electron chi connectivity index (χ2n) is 21.6. The zero-order valence-corrected chi connectivity index (χ0v) is 52.7. The molecule has 0 saturated carbocycles. The Morgan fingerprint density at radius 2 is 0.860 bits per heavy atom. The lowest BCUT2D eigenvalue weighted by molar-refractivity contribution is 0.0516. The van der Waals surface area contributed by atoms with Crippen LogP contribution in [0.5, 0.6) is 11.5 Å². The van der Waals surface area contributed by atoms with Crippen LogP contribution >= 0.6 is 46.4 Å². The van der Waals surface area contributed by atoms with E-state index in [1.807, 2.05) is 12.1 Å². The number of fused-ring (bicyclic) bond motifs is 2. The molecule has 2 fully saturated rings. The Kier molecular flexibility index (Phi) is 26.3. The van der Waals surface area contributed by atoms with Crippen molar-refractivity contribution < 1.29 is 54.8 Å². The quantitative estimate of drug-likeness (QED) is 0.0256. The average Bonchev–Trinajstić information content (AvgIpc) is 2.22. The van der Waals surface area contributed by atoms with Gasteiger partial charge in [0.2, 0.25) is 20.0 Å². The molecule has 0 radical (unpaired) electrons. The number of piperidine rings is 2. The van der Waals surface area contributed by atoms with Crippen LogP contribution < -0.4 is 51.7 Å². The summed E-state index contributed by atoms with van der Waals surface area (Å²) < 4.78 is 92.4. The van der Waals surface area contributed by atoms with Crippen molar-refractivity contribution in [3.05, 3.63) is 115 Å². The molecule has 4 aromatic rings. The zero-order valence-electron chi connectivity index (χ0n) is 48.1. The van der Waals surface area contributed by atoms with Crippen LogP contribution in [0.4, 0.5) is 9.59 Å². The van der Waals surface area contributed by atoms with E-state index in [4.69, 9.17) is 86.3 Å². The number of ether oxygens (including phenoxy) is 6. The summed E-state index contributed by atoms with van der Waals surface area (Å²) in [6.07, 6.45) is 5.90. The van der Waals surface area contributed by atoms with E-state index >= 15 is 0 Å². The summed E-state index contributed by atoms with van der Waals surface area (Å²) in [6.45, 7) is 6.55. The lowest BCUT2D eigenvalue weighted by atomic mass is 10.0. The van der Waals surface area contributed by atoms with E-state index in [9.17, 15) is 26.4 Å². The summed E-state index contributed by atoms with van der Waals surface area (Å²) in [5.74, 6) is 1.03. The van der Waals surface area contributed by atoms with Gasteiger partial charge in [0.1, 0.15) is 23.7 Å². The minimum atomic E-state index is -3.81. The SMILES string of the molecule is N[C@@H]1CCCN([C@@H]2Cc3c(Cl)cc(Cl)cc3[C@@H]2Oc2ccc(S(=O)(=O)NCCOCCOCCNC(=O)NCCCCNC(=O)NCCOCCOCCNS(=O)(=O)c3ccc(O[C@H]4c5cc(Cl)cc(Cl)c5C[C@H]4N4CCC[C@@H](N)C4)cc3)cc2)C1. The molecule has 22 nitrogen and oxygen atoms in total. The highest BCUT2D eigenvalue weighted by atomic mass is 35.5. The first-order valence-electron chi connectivity index (χ1n) is 29.3. The lowest BCUT2D eigenvalue weighted by Gasteiger charge is -2.38. The number of hydrogen-bond acceptors (Lipinski definition) is 16. The number of benzene rings is 4. The van der Waals surface area contributed by atoms with Crippen molar-refractivity contribution in [2.45, 2.75) is 97.5 Å². The highest BCUT2D eigenvalue weighted by molar-refractivity contribution is 7.89. The van der Waals surface area contributed by atoms with Crippen LogP contribution in [0.3, 0.4) is 0 Å². The van der Waals surface area contributed by atoms with Gasteiger partial charge in [0.15, 0.2) is 0 Å². The van der Waals surface area contributed by atoms with Gasteiger partial charge in [-0.05, 0) is 148 Å². The molecule has 4 amide bonds. The number of carbonyl (C=O) groups is 2. The predicted octanol–water partition coefficient (Wildman–Crippen LogP) is 5.94. The number of unbranched alkanes of at least 4 members (excludes halogenated alkanes) is 1. The maximum Gasteiger partial charge on any atom is 0.314 e. The fourth-order valence-electron chi connectivity index (χ4n) is 11.1. The molecule has 2 heterocycles. The third-order valence-corrected chi connectivity index (χ3v) is 19.4. The molecule has 4 aromatic carbocycles. The molecule has 8 rings (SSSR count). The summed E-state index contributed by atoms with van der Waals surface area (Å²) in [6, 6.07) is 19.4. The molecular weight excluding hydrogens is 1230 g/mol. The summed E-state index contributed by atoms with van der Waals surface area (Å²) in [4.78, 5) is 29.2. The van der Waals surface area contributed by atoms with E-state index in [1.54, 1.807) is 36.4 Å². The Bertz CT molecular complexity index is 2870. The molecular formula is C58H80Cl4N10O12S2. The van der Waals surface area contributed by atoms with Gasteiger partial charge in [-0.1, -0.05) is 46.4 Å². The molecule has 2 aliphatic carbocycles. The van der Waals surface area contributed by atoms with Crippen LogP contribution in [0.25, 0.3) is 0 Å². The molecule has 86 heavy (non-hydrogen) atoms. The van der Waals surface area contributed by atoms with Gasteiger partial charge in [-0.2, -0.15) is 0 Å². The van der Waals surface area contributed by atoms with Gasteiger partial charge >= 0.3 is 12.1 Å². The summed E-state index contributed by atoms with van der Waals surface area (Å²) in [5, 5.41) is 13.2. The number of carbonyl (C=O) groups excluding carboxylic acids is 2. The molecule has 28 heteroatoms. The Hall–Kier alpha value is -4.32. The second kappa shape index (κ2) is 33.5. The first-order chi connectivity index (χ1) is 41.4. The summed E-state index contributed by atoms with van der Waals surface area (Å²) in [5.41, 5.74) is 16.5. The first-order valence-corrected chi connectivity index (χ1v) is 33.7. The van der Waals surface area contributed by atoms with Gasteiger partial charge in [-0.15, -0.1) is 0 Å². The highest BCUT2D eigenvalue weighted by Gasteiger charge is 2.42. The van der Waals surface area contributed by atoms with Crippen LogP contribution in [0, 0.1) is 0 Å². The van der Waals surface area contributed by atoms with E-state index in [0.717, 1.165) is 74.1 Å². The molecule has 0 aromatic heterocycles. The van der Waals surface area contributed by atoms with Gasteiger partial charge in [0.25, 0.3) is 0 Å². The Labute approximate surface area is 524 Å². The predicted molar refractivity (Wildman–Crippen MR) is 331 cm³/mol. The fourth-order valence-corrected chi connectivity index (χ4v) is 14.3. The van der Waals surface area contributed by atoms with Gasteiger partial charge in [0, 0.05) is 95.7 Å². The monoisotopic (exact) mass is 1310 g/mol. The molecule has 2 aliphatic heterocycles. The fraction of sp³-hybridized carbons (Fsp3) is 0.552. The number of halogens is 4. The summed E-state index contributed by atoms with van der Waals surface area (Å²) >= 11 is 26.1. The average molecular weight is 1320 g/mol. The maximum absolute atomic E-state index is 13.0. The molecule has 2 saturated heterocycles. The van der Waals surface area contributed by atoms with Crippen LogP contribution in [0.1, 0.15) is 73.0 Å². The normalized spacial score (nSPS) is 20.7. The molecule has 474 valence electrons. The Morgan fingerprint density at radius 3 is 1.23 bits per heavy atom. The van der Waals surface area contributed by atoms with Gasteiger partial charge in [-0.25, -0.2) is 35.9 Å². The van der Waals surface area contributed by atoms with Crippen molar-refractivity contribution in [2.75, 3.05) is 118 Å². The van der Waals surface area contributed by atoms with Gasteiger partial charge in [0.05, 0.1) is 74.7 Å². The zero-order chi connectivity index (χ0) is 61.1. The molecule has 6 atom stereocenters. The number of hydrogen-bond donors (Lipinski definition) is 8. The molecule has 0 bridgehead atoms. The Balaban J connectivity index is 0.581. The smallest absolute Gasteiger partial charge is 0.314 e. The van der Waals surface area contributed by atoms with Crippen LogP contribution in [0.15, 0.2) is 82.6 Å². The van der Waals surface area contributed by atoms with Crippen molar-refractivity contribution >= 4 is 78.5 Å². The van der Waals surface area contributed by atoms with Crippen molar-refractivity contribution in [3.63, 3.8) is 0 Å². The lowest BCUT2D eigenvalue weighted by Crippen LogP contribution is -2.49. The summed E-state index contributed by atoms with van der Waals surface area (Å²) in [7, 11) is -7.63. The van der Waals surface area contributed by atoms with E-state index in [1.165, 1.54) is 24.3 Å². The molecule has 0 unspecified atom stereocenters. The Morgan fingerprint density at radius 1 is 0.500 bits per heavy atom. The minimum absolute atomic E-state index is 0.00445. The maximum atomic E-state index is 13.0. The van der Waals surface area contributed by atoms with Crippen LogP contribution in [-0.4, -0.2) is 181 Å². The number of rotatable bonds is 33. The first kappa shape index (κ1) is 67.6. The van der Waals surface area contributed by atoms with Crippen molar-refractivity contribution in [3.8, 4) is 11.5 Å². The number of likely N-dealkylation sites (tertiary alicyclic amines) is 2. The van der Waals surface area contributed by atoms with E-state index < -0.39 is 20.0 Å². The molecule has 0 spiro atoms. The largest absolute Gasteiger partial charge is 0.484 e. The molecule has 10 N–H and O–H groups in total. The van der Waals surface area contributed by atoms with E-state index in [-0.39, 0.29) is 137 Å².